The van der Waals surface area contributed by atoms with E-state index in [9.17, 15) is 9.59 Å². The summed E-state index contributed by atoms with van der Waals surface area (Å²) in [7, 11) is 0. The van der Waals surface area contributed by atoms with E-state index >= 15 is 0 Å². The van der Waals surface area contributed by atoms with Crippen LogP contribution < -0.4 is 5.56 Å². The van der Waals surface area contributed by atoms with Crippen molar-refractivity contribution in [3.63, 3.8) is 0 Å². The number of thioether (sulfide) groups is 1. The third kappa shape index (κ3) is 3.96. The van der Waals surface area contributed by atoms with Gasteiger partial charge in [0.15, 0.2) is 5.16 Å². The number of aromatic nitrogens is 2. The predicted octanol–water partition coefficient (Wildman–Crippen LogP) is 3.21. The van der Waals surface area contributed by atoms with Gasteiger partial charge in [-0.25, -0.2) is 4.98 Å². The van der Waals surface area contributed by atoms with Crippen LogP contribution in [0.1, 0.15) is 20.8 Å². The quantitative estimate of drug-likeness (QED) is 0.358. The molecule has 2 aromatic carbocycles. The maximum absolute atomic E-state index is 13.2. The largest absolute Gasteiger partial charge is 0.339 e. The lowest BCUT2D eigenvalue weighted by Crippen LogP contribution is -2.50. The lowest BCUT2D eigenvalue weighted by atomic mass is 10.1. The van der Waals surface area contributed by atoms with Crippen molar-refractivity contribution in [3.05, 3.63) is 46.8 Å². The fourth-order valence-electron chi connectivity index (χ4n) is 4.01. The second-order valence-corrected chi connectivity index (χ2v) is 8.99. The number of fused-ring (bicyclic) bond motifs is 2. The highest BCUT2D eigenvalue weighted by atomic mass is 32.2. The van der Waals surface area contributed by atoms with Gasteiger partial charge < -0.3 is 9.80 Å². The number of piperazine rings is 1. The van der Waals surface area contributed by atoms with Gasteiger partial charge in [-0.2, -0.15) is 0 Å². The van der Waals surface area contributed by atoms with Gasteiger partial charge in [0, 0.05) is 32.7 Å². The monoisotopic (exact) mass is 424 g/mol. The molecule has 1 amide bonds. The zero-order chi connectivity index (χ0) is 21.3. The highest BCUT2D eigenvalue weighted by Crippen LogP contribution is 2.26. The number of benzene rings is 2. The topological polar surface area (TPSA) is 58.4 Å². The molecule has 3 aromatic rings. The molecule has 0 spiro atoms. The van der Waals surface area contributed by atoms with E-state index < -0.39 is 0 Å². The Balaban J connectivity index is 1.63. The molecule has 1 aliphatic heterocycles. The maximum atomic E-state index is 13.2. The van der Waals surface area contributed by atoms with E-state index in [0.29, 0.717) is 22.6 Å². The van der Waals surface area contributed by atoms with Gasteiger partial charge in [-0.1, -0.05) is 43.0 Å². The summed E-state index contributed by atoms with van der Waals surface area (Å²) in [6.07, 6.45) is 0. The molecule has 0 unspecified atom stereocenters. The third-order valence-electron chi connectivity index (χ3n) is 5.86. The van der Waals surface area contributed by atoms with Crippen LogP contribution in [0.3, 0.4) is 0 Å². The van der Waals surface area contributed by atoms with Crippen molar-refractivity contribution in [2.45, 2.75) is 37.7 Å². The summed E-state index contributed by atoms with van der Waals surface area (Å²) in [5.41, 5.74) is 0.633. The number of amides is 1. The predicted molar refractivity (Wildman–Crippen MR) is 123 cm³/mol. The van der Waals surface area contributed by atoms with Crippen LogP contribution in [-0.2, 0) is 11.3 Å². The van der Waals surface area contributed by atoms with Gasteiger partial charge in [-0.05, 0) is 43.3 Å². The lowest BCUT2D eigenvalue weighted by molar-refractivity contribution is -0.132. The van der Waals surface area contributed by atoms with Gasteiger partial charge in [0.05, 0.1) is 16.2 Å². The van der Waals surface area contributed by atoms with Crippen LogP contribution in [0.4, 0.5) is 0 Å². The standard InChI is InChI=1S/C23H28N4O2S/c1-4-25-10-12-26(13-11-25)21(28)16(3)30-23-24-20-15-18-9-7-6-8-17(18)14-19(20)22(29)27(23)5-2/h6-9,14-16H,4-5,10-13H2,1-3H3/t16-/m1/s1. The first-order valence-corrected chi connectivity index (χ1v) is 11.5. The molecule has 0 aliphatic carbocycles. The molecule has 6 nitrogen and oxygen atoms in total. The summed E-state index contributed by atoms with van der Waals surface area (Å²) < 4.78 is 1.68. The summed E-state index contributed by atoms with van der Waals surface area (Å²) in [5.74, 6) is 0.117. The lowest BCUT2D eigenvalue weighted by Gasteiger charge is -2.35. The molecular formula is C23H28N4O2S. The van der Waals surface area contributed by atoms with Gasteiger partial charge in [0.2, 0.25) is 5.91 Å². The van der Waals surface area contributed by atoms with Gasteiger partial charge in [-0.15, -0.1) is 0 Å². The normalized spacial score (nSPS) is 16.3. The minimum Gasteiger partial charge on any atom is -0.339 e. The third-order valence-corrected chi connectivity index (χ3v) is 6.94. The highest BCUT2D eigenvalue weighted by Gasteiger charge is 2.26. The Bertz CT molecular complexity index is 1140. The average molecular weight is 425 g/mol. The van der Waals surface area contributed by atoms with E-state index in [0.717, 1.165) is 43.5 Å². The van der Waals surface area contributed by atoms with Crippen molar-refractivity contribution in [1.29, 1.82) is 0 Å². The van der Waals surface area contributed by atoms with Crippen LogP contribution in [0.2, 0.25) is 0 Å². The number of nitrogens with zero attached hydrogens (tertiary/aromatic N) is 4. The maximum Gasteiger partial charge on any atom is 0.262 e. The molecule has 7 heteroatoms. The van der Waals surface area contributed by atoms with Crippen molar-refractivity contribution >= 4 is 39.3 Å². The van der Waals surface area contributed by atoms with Crippen LogP contribution in [0.15, 0.2) is 46.3 Å². The zero-order valence-electron chi connectivity index (χ0n) is 17.8. The van der Waals surface area contributed by atoms with E-state index in [2.05, 4.69) is 11.8 Å². The number of hydrogen-bond acceptors (Lipinski definition) is 5. The fraction of sp³-hybridized carbons (Fsp3) is 0.435. The number of carbonyl (C=O) groups excluding carboxylic acids is 1. The SMILES string of the molecule is CCN1CCN(C(=O)[C@@H](C)Sc2nc3cc4ccccc4cc3c(=O)n2CC)CC1. The minimum absolute atomic E-state index is 0.0491. The van der Waals surface area contributed by atoms with E-state index in [1.807, 2.05) is 55.1 Å². The highest BCUT2D eigenvalue weighted by molar-refractivity contribution is 8.00. The first-order valence-electron chi connectivity index (χ1n) is 10.6. The molecule has 1 aromatic heterocycles. The van der Waals surface area contributed by atoms with Crippen LogP contribution >= 0.6 is 11.8 Å². The molecule has 0 radical (unpaired) electrons. The molecule has 158 valence electrons. The van der Waals surface area contributed by atoms with Crippen LogP contribution in [-0.4, -0.2) is 63.2 Å². The van der Waals surface area contributed by atoms with E-state index in [-0.39, 0.29) is 16.7 Å². The van der Waals surface area contributed by atoms with Gasteiger partial charge >= 0.3 is 0 Å². The Morgan fingerprint density at radius 1 is 1.07 bits per heavy atom. The Morgan fingerprint density at radius 2 is 1.73 bits per heavy atom. The summed E-state index contributed by atoms with van der Waals surface area (Å²) >= 11 is 1.38. The van der Waals surface area contributed by atoms with Crippen LogP contribution in [0.5, 0.6) is 0 Å². The number of likely N-dealkylation sites (N-methyl/N-ethyl adjacent to an activating group) is 1. The van der Waals surface area contributed by atoms with Crippen molar-refractivity contribution in [2.75, 3.05) is 32.7 Å². The molecule has 4 rings (SSSR count). The number of hydrogen-bond donors (Lipinski definition) is 0. The van der Waals surface area contributed by atoms with E-state index in [1.165, 1.54) is 11.8 Å². The molecule has 0 bridgehead atoms. The summed E-state index contributed by atoms with van der Waals surface area (Å²) in [5, 5.41) is 3.02. The van der Waals surface area contributed by atoms with Crippen molar-refractivity contribution in [1.82, 2.24) is 19.4 Å². The molecule has 1 saturated heterocycles. The Kier molecular flexibility index (Phi) is 6.11. The molecular weight excluding hydrogens is 396 g/mol. The molecule has 0 saturated carbocycles. The molecule has 30 heavy (non-hydrogen) atoms. The van der Waals surface area contributed by atoms with Crippen molar-refractivity contribution < 1.29 is 4.79 Å². The van der Waals surface area contributed by atoms with E-state index in [1.54, 1.807) is 4.57 Å². The first-order chi connectivity index (χ1) is 14.5. The molecule has 1 fully saturated rings. The number of rotatable bonds is 5. The first kappa shape index (κ1) is 20.9. The minimum atomic E-state index is -0.291. The summed E-state index contributed by atoms with van der Waals surface area (Å²) in [6.45, 7) is 10.9. The number of carbonyl (C=O) groups is 1. The van der Waals surface area contributed by atoms with Crippen molar-refractivity contribution in [2.24, 2.45) is 0 Å². The molecule has 1 aliphatic rings. The van der Waals surface area contributed by atoms with Gasteiger partial charge in [0.25, 0.3) is 5.56 Å². The molecule has 1 atom stereocenters. The van der Waals surface area contributed by atoms with Crippen molar-refractivity contribution in [3.8, 4) is 0 Å². The summed E-state index contributed by atoms with van der Waals surface area (Å²) in [6, 6.07) is 11.9. The second-order valence-electron chi connectivity index (χ2n) is 7.68. The van der Waals surface area contributed by atoms with E-state index in [4.69, 9.17) is 4.98 Å². The Hall–Kier alpha value is -2.38. The smallest absolute Gasteiger partial charge is 0.262 e. The second kappa shape index (κ2) is 8.78. The van der Waals surface area contributed by atoms with Crippen LogP contribution in [0, 0.1) is 0 Å². The molecule has 2 heterocycles. The Labute approximate surface area is 180 Å². The van der Waals surface area contributed by atoms with Gasteiger partial charge in [-0.3, -0.25) is 14.2 Å². The zero-order valence-corrected chi connectivity index (χ0v) is 18.6. The van der Waals surface area contributed by atoms with Gasteiger partial charge in [0.1, 0.15) is 0 Å². The molecule has 0 N–H and O–H groups in total. The fourth-order valence-corrected chi connectivity index (χ4v) is 5.06. The summed E-state index contributed by atoms with van der Waals surface area (Å²) in [4.78, 5) is 35.2. The Morgan fingerprint density at radius 3 is 2.37 bits per heavy atom. The average Bonchev–Trinajstić information content (AvgIpc) is 2.78. The van der Waals surface area contributed by atoms with Crippen LogP contribution in [0.25, 0.3) is 21.7 Å².